The Hall–Kier alpha value is -0.390. The van der Waals surface area contributed by atoms with E-state index in [0.717, 1.165) is 30.4 Å². The van der Waals surface area contributed by atoms with E-state index in [1.165, 1.54) is 11.3 Å². The molecular weight excluding hydrogens is 324 g/mol. The van der Waals surface area contributed by atoms with Gasteiger partial charge in [0.25, 0.3) is 0 Å². The highest BCUT2D eigenvalue weighted by Gasteiger charge is 2.42. The van der Waals surface area contributed by atoms with Crippen LogP contribution in [0.1, 0.15) is 24.1 Å². The first-order valence-corrected chi connectivity index (χ1v) is 8.57. The Bertz CT molecular complexity index is 476. The van der Waals surface area contributed by atoms with Crippen LogP contribution < -0.4 is 5.73 Å². The minimum atomic E-state index is 0.297. The van der Waals surface area contributed by atoms with E-state index < -0.39 is 0 Å². The molecule has 0 aromatic carbocycles. The summed E-state index contributed by atoms with van der Waals surface area (Å²) in [6.07, 6.45) is 3.82. The van der Waals surface area contributed by atoms with Gasteiger partial charge in [0.2, 0.25) is 5.91 Å². The van der Waals surface area contributed by atoms with Crippen molar-refractivity contribution in [3.8, 4) is 0 Å². The van der Waals surface area contributed by atoms with Gasteiger partial charge in [0, 0.05) is 40.3 Å². The van der Waals surface area contributed by atoms with Gasteiger partial charge in [-0.3, -0.25) is 4.79 Å². The summed E-state index contributed by atoms with van der Waals surface area (Å²) < 4.78 is 1.11. The van der Waals surface area contributed by atoms with Crippen molar-refractivity contribution in [1.29, 1.82) is 0 Å². The molecule has 1 aliphatic heterocycles. The number of likely N-dealkylation sites (tertiary alicyclic amines) is 1. The van der Waals surface area contributed by atoms with Gasteiger partial charge in [-0.1, -0.05) is 0 Å². The van der Waals surface area contributed by atoms with Gasteiger partial charge in [-0.25, -0.2) is 0 Å². The quantitative estimate of drug-likeness (QED) is 0.917. The first kappa shape index (κ1) is 13.6. The lowest BCUT2D eigenvalue weighted by atomic mass is 9.98. The first-order chi connectivity index (χ1) is 9.13. The molecule has 0 spiro atoms. The van der Waals surface area contributed by atoms with Crippen molar-refractivity contribution in [3.05, 3.63) is 20.8 Å². The normalized spacial score (nSPS) is 29.8. The number of aryl methyl sites for hydroxylation is 1. The summed E-state index contributed by atoms with van der Waals surface area (Å²) in [5.74, 6) is 1.51. The van der Waals surface area contributed by atoms with Gasteiger partial charge < -0.3 is 10.6 Å². The van der Waals surface area contributed by atoms with Crippen LogP contribution in [0.15, 0.2) is 15.9 Å². The van der Waals surface area contributed by atoms with Gasteiger partial charge in [0.1, 0.15) is 0 Å². The number of halogens is 1. The van der Waals surface area contributed by atoms with E-state index in [4.69, 9.17) is 5.73 Å². The topological polar surface area (TPSA) is 46.3 Å². The van der Waals surface area contributed by atoms with Gasteiger partial charge in [-0.05, 0) is 53.1 Å². The summed E-state index contributed by atoms with van der Waals surface area (Å²) in [4.78, 5) is 15.6. The van der Waals surface area contributed by atoms with Crippen LogP contribution in [0.25, 0.3) is 0 Å². The molecule has 2 aliphatic rings. The van der Waals surface area contributed by atoms with E-state index in [-0.39, 0.29) is 0 Å². The van der Waals surface area contributed by atoms with Crippen LogP contribution in [-0.2, 0) is 11.2 Å². The highest BCUT2D eigenvalue weighted by atomic mass is 79.9. The third-order valence-corrected chi connectivity index (χ3v) is 6.23. The Kier molecular flexibility index (Phi) is 3.96. The fraction of sp³-hybridized carbons (Fsp3) is 0.643. The van der Waals surface area contributed by atoms with Crippen LogP contribution >= 0.6 is 27.3 Å². The van der Waals surface area contributed by atoms with Crippen molar-refractivity contribution in [2.45, 2.75) is 31.7 Å². The van der Waals surface area contributed by atoms with Crippen molar-refractivity contribution in [2.24, 2.45) is 17.6 Å². The van der Waals surface area contributed by atoms with E-state index >= 15 is 0 Å². The number of fused-ring (bicyclic) bond motifs is 1. The molecule has 19 heavy (non-hydrogen) atoms. The van der Waals surface area contributed by atoms with Crippen LogP contribution in [-0.4, -0.2) is 29.9 Å². The number of rotatable bonds is 3. The second kappa shape index (κ2) is 5.54. The maximum Gasteiger partial charge on any atom is 0.222 e. The van der Waals surface area contributed by atoms with Crippen LogP contribution in [0.5, 0.6) is 0 Å². The molecule has 0 radical (unpaired) electrons. The number of carbonyl (C=O) groups is 1. The van der Waals surface area contributed by atoms with Gasteiger partial charge >= 0.3 is 0 Å². The number of hydrogen-bond donors (Lipinski definition) is 1. The van der Waals surface area contributed by atoms with Crippen LogP contribution in [0.2, 0.25) is 0 Å². The smallest absolute Gasteiger partial charge is 0.222 e. The van der Waals surface area contributed by atoms with E-state index in [1.807, 2.05) is 4.90 Å². The predicted molar refractivity (Wildman–Crippen MR) is 81.1 cm³/mol. The summed E-state index contributed by atoms with van der Waals surface area (Å²) in [5, 5.41) is 2.07. The Morgan fingerprint density at radius 1 is 1.47 bits per heavy atom. The maximum absolute atomic E-state index is 12.2. The number of amides is 1. The lowest BCUT2D eigenvalue weighted by Gasteiger charge is -2.18. The third-order valence-electron chi connectivity index (χ3n) is 4.47. The summed E-state index contributed by atoms with van der Waals surface area (Å²) >= 11 is 5.16. The third kappa shape index (κ3) is 2.88. The standard InChI is InChI=1S/C14H19BrN2OS/c15-10-5-11(19-8-10)2-4-14(18)17-6-9-1-3-13(16)12(9)7-17/h5,8-9,12-13H,1-4,6-7,16H2. The van der Waals surface area contributed by atoms with Crippen molar-refractivity contribution >= 4 is 33.2 Å². The molecule has 1 aromatic rings. The van der Waals surface area contributed by atoms with Crippen LogP contribution in [0.4, 0.5) is 0 Å². The molecule has 104 valence electrons. The number of nitrogens with zero attached hydrogens (tertiary/aromatic N) is 1. The fourth-order valence-corrected chi connectivity index (χ4v) is 4.84. The zero-order valence-electron chi connectivity index (χ0n) is 10.8. The highest BCUT2D eigenvalue weighted by Crippen LogP contribution is 2.37. The lowest BCUT2D eigenvalue weighted by molar-refractivity contribution is -0.130. The largest absolute Gasteiger partial charge is 0.342 e. The van der Waals surface area contributed by atoms with Gasteiger partial charge in [0.15, 0.2) is 0 Å². The average Bonchev–Trinajstić information content (AvgIpc) is 3.05. The minimum Gasteiger partial charge on any atom is -0.342 e. The molecule has 3 rings (SSSR count). The van der Waals surface area contributed by atoms with Crippen LogP contribution in [0.3, 0.4) is 0 Å². The molecule has 2 heterocycles. The summed E-state index contributed by atoms with van der Waals surface area (Å²) in [5.41, 5.74) is 6.11. The zero-order chi connectivity index (χ0) is 13.4. The van der Waals surface area contributed by atoms with Crippen molar-refractivity contribution in [3.63, 3.8) is 0 Å². The number of hydrogen-bond acceptors (Lipinski definition) is 3. The van der Waals surface area contributed by atoms with Gasteiger partial charge in [-0.2, -0.15) is 0 Å². The van der Waals surface area contributed by atoms with E-state index in [0.29, 0.717) is 30.2 Å². The van der Waals surface area contributed by atoms with E-state index in [1.54, 1.807) is 11.3 Å². The molecule has 0 bridgehead atoms. The molecular formula is C14H19BrN2OS. The second-order valence-electron chi connectivity index (χ2n) is 5.70. The molecule has 1 saturated carbocycles. The molecule has 2 N–H and O–H groups in total. The molecule has 3 nitrogen and oxygen atoms in total. The summed E-state index contributed by atoms with van der Waals surface area (Å²) in [6, 6.07) is 2.42. The molecule has 5 heteroatoms. The molecule has 2 fully saturated rings. The Labute approximate surface area is 126 Å². The van der Waals surface area contributed by atoms with E-state index in [9.17, 15) is 4.79 Å². The molecule has 3 unspecified atom stereocenters. The molecule has 1 aliphatic carbocycles. The molecule has 1 saturated heterocycles. The van der Waals surface area contributed by atoms with Crippen molar-refractivity contribution in [1.82, 2.24) is 4.90 Å². The second-order valence-corrected chi connectivity index (χ2v) is 7.61. The van der Waals surface area contributed by atoms with Crippen molar-refractivity contribution in [2.75, 3.05) is 13.1 Å². The van der Waals surface area contributed by atoms with Gasteiger partial charge in [-0.15, -0.1) is 11.3 Å². The fourth-order valence-electron chi connectivity index (χ4n) is 3.38. The molecule has 1 aromatic heterocycles. The number of nitrogens with two attached hydrogens (primary N) is 1. The predicted octanol–water partition coefficient (Wildman–Crippen LogP) is 2.64. The number of carbonyl (C=O) groups excluding carboxylic acids is 1. The summed E-state index contributed by atoms with van der Waals surface area (Å²) in [7, 11) is 0. The van der Waals surface area contributed by atoms with Crippen molar-refractivity contribution < 1.29 is 4.79 Å². The van der Waals surface area contributed by atoms with Gasteiger partial charge in [0.05, 0.1) is 0 Å². The SMILES string of the molecule is NC1CCC2CN(C(=O)CCc3cc(Br)cs3)CC12. The Morgan fingerprint density at radius 2 is 2.32 bits per heavy atom. The Balaban J connectivity index is 1.52. The first-order valence-electron chi connectivity index (χ1n) is 6.90. The molecule has 3 atom stereocenters. The molecule has 1 amide bonds. The minimum absolute atomic E-state index is 0.297. The average molecular weight is 343 g/mol. The highest BCUT2D eigenvalue weighted by molar-refractivity contribution is 9.10. The maximum atomic E-state index is 12.2. The van der Waals surface area contributed by atoms with Crippen LogP contribution in [0, 0.1) is 11.8 Å². The number of thiophene rings is 1. The zero-order valence-corrected chi connectivity index (χ0v) is 13.3. The Morgan fingerprint density at radius 3 is 3.00 bits per heavy atom. The lowest BCUT2D eigenvalue weighted by Crippen LogP contribution is -2.33. The monoisotopic (exact) mass is 342 g/mol. The van der Waals surface area contributed by atoms with E-state index in [2.05, 4.69) is 27.4 Å². The summed E-state index contributed by atoms with van der Waals surface area (Å²) in [6.45, 7) is 1.82.